The van der Waals surface area contributed by atoms with Crippen LogP contribution in [0.5, 0.6) is 11.5 Å². The molecule has 0 spiro atoms. The fraction of sp³-hybridized carbons (Fsp3) is 0.136. The van der Waals surface area contributed by atoms with E-state index in [1.165, 1.54) is 18.2 Å². The van der Waals surface area contributed by atoms with Gasteiger partial charge in [0.15, 0.2) is 11.5 Å². The van der Waals surface area contributed by atoms with Gasteiger partial charge in [0.1, 0.15) is 4.90 Å². The molecule has 1 aliphatic rings. The molecule has 1 amide bonds. The van der Waals surface area contributed by atoms with Crippen LogP contribution in [0.1, 0.15) is 21.5 Å². The normalized spacial score (nSPS) is 12.5. The SMILES string of the molecule is Cc1cccc(NS(=O)(=O)c2cc(C(=O)Nc3ccc4c(c3)OCO4)ccc2Cl)c1C. The van der Waals surface area contributed by atoms with Crippen molar-refractivity contribution < 1.29 is 22.7 Å². The van der Waals surface area contributed by atoms with Crippen LogP contribution < -0.4 is 19.5 Å². The maximum absolute atomic E-state index is 13.0. The number of amides is 1. The van der Waals surface area contributed by atoms with E-state index >= 15 is 0 Å². The van der Waals surface area contributed by atoms with E-state index in [2.05, 4.69) is 10.0 Å². The Balaban J connectivity index is 1.60. The van der Waals surface area contributed by atoms with Crippen LogP contribution in [-0.4, -0.2) is 21.1 Å². The summed E-state index contributed by atoms with van der Waals surface area (Å²) in [7, 11) is -4.02. The van der Waals surface area contributed by atoms with Crippen LogP contribution >= 0.6 is 11.6 Å². The van der Waals surface area contributed by atoms with Crippen molar-refractivity contribution >= 4 is 38.9 Å². The first-order valence-corrected chi connectivity index (χ1v) is 11.2. The van der Waals surface area contributed by atoms with E-state index in [4.69, 9.17) is 21.1 Å². The zero-order valence-electron chi connectivity index (χ0n) is 16.7. The topological polar surface area (TPSA) is 93.7 Å². The van der Waals surface area contributed by atoms with Crippen LogP contribution in [0.15, 0.2) is 59.5 Å². The van der Waals surface area contributed by atoms with Gasteiger partial charge in [-0.25, -0.2) is 8.42 Å². The van der Waals surface area contributed by atoms with Crippen molar-refractivity contribution in [2.24, 2.45) is 0 Å². The van der Waals surface area contributed by atoms with Crippen molar-refractivity contribution in [3.05, 3.63) is 76.3 Å². The molecule has 160 valence electrons. The van der Waals surface area contributed by atoms with Gasteiger partial charge < -0.3 is 14.8 Å². The fourth-order valence-electron chi connectivity index (χ4n) is 3.09. The Kier molecular flexibility index (Phi) is 5.51. The van der Waals surface area contributed by atoms with Gasteiger partial charge in [-0.3, -0.25) is 9.52 Å². The average molecular weight is 459 g/mol. The first kappa shape index (κ1) is 21.0. The van der Waals surface area contributed by atoms with Crippen molar-refractivity contribution in [2.75, 3.05) is 16.8 Å². The first-order chi connectivity index (χ1) is 14.7. The monoisotopic (exact) mass is 458 g/mol. The standard InChI is InChI=1S/C22H19ClN2O5S/c1-13-4-3-5-18(14(13)2)25-31(27,28)21-10-15(6-8-17(21)23)22(26)24-16-7-9-19-20(11-16)30-12-29-19/h3-11,25H,12H2,1-2H3,(H,24,26). The largest absolute Gasteiger partial charge is 0.454 e. The smallest absolute Gasteiger partial charge is 0.263 e. The lowest BCUT2D eigenvalue weighted by atomic mass is 10.1. The number of anilines is 2. The van der Waals surface area contributed by atoms with Crippen LogP contribution in [-0.2, 0) is 10.0 Å². The van der Waals surface area contributed by atoms with Gasteiger partial charge in [0.05, 0.1) is 10.7 Å². The Hall–Kier alpha value is -3.23. The van der Waals surface area contributed by atoms with Crippen LogP contribution in [0.3, 0.4) is 0 Å². The lowest BCUT2D eigenvalue weighted by molar-refractivity contribution is 0.102. The summed E-state index contributed by atoms with van der Waals surface area (Å²) in [5, 5.41) is 2.73. The second-order valence-electron chi connectivity index (χ2n) is 7.02. The molecule has 0 saturated heterocycles. The molecule has 1 aliphatic heterocycles. The number of ether oxygens (including phenoxy) is 2. The minimum atomic E-state index is -4.02. The third-order valence-electron chi connectivity index (χ3n) is 4.96. The first-order valence-electron chi connectivity index (χ1n) is 9.34. The van der Waals surface area contributed by atoms with Crippen molar-refractivity contribution in [3.8, 4) is 11.5 Å². The molecule has 0 radical (unpaired) electrons. The number of benzene rings is 3. The maximum Gasteiger partial charge on any atom is 0.263 e. The van der Waals surface area contributed by atoms with E-state index in [9.17, 15) is 13.2 Å². The van der Waals surface area contributed by atoms with Gasteiger partial charge in [-0.1, -0.05) is 23.7 Å². The van der Waals surface area contributed by atoms with Crippen molar-refractivity contribution in [1.82, 2.24) is 0 Å². The predicted molar refractivity (Wildman–Crippen MR) is 119 cm³/mol. The number of sulfonamides is 1. The lowest BCUT2D eigenvalue weighted by Crippen LogP contribution is -2.17. The van der Waals surface area contributed by atoms with Crippen LogP contribution in [0.25, 0.3) is 0 Å². The molecule has 0 atom stereocenters. The average Bonchev–Trinajstić information content (AvgIpc) is 3.19. The molecule has 0 aliphatic carbocycles. The summed E-state index contributed by atoms with van der Waals surface area (Å²) in [6.45, 7) is 3.84. The van der Waals surface area contributed by atoms with Crippen molar-refractivity contribution in [2.45, 2.75) is 18.7 Å². The zero-order valence-corrected chi connectivity index (χ0v) is 18.3. The Bertz CT molecular complexity index is 1290. The van der Waals surface area contributed by atoms with Gasteiger partial charge in [0, 0.05) is 17.3 Å². The Labute approximate surface area is 185 Å². The molecular weight excluding hydrogens is 440 g/mol. The third kappa shape index (κ3) is 4.30. The Morgan fingerprint density at radius 3 is 2.58 bits per heavy atom. The summed E-state index contributed by atoms with van der Waals surface area (Å²) < 4.78 is 39.1. The van der Waals surface area contributed by atoms with Crippen LogP contribution in [0, 0.1) is 13.8 Å². The van der Waals surface area contributed by atoms with Gasteiger partial charge in [-0.05, 0) is 61.4 Å². The fourth-order valence-corrected chi connectivity index (χ4v) is 4.74. The Morgan fingerprint density at radius 2 is 1.77 bits per heavy atom. The quantitative estimate of drug-likeness (QED) is 0.576. The van der Waals surface area contributed by atoms with Crippen LogP contribution in [0.4, 0.5) is 11.4 Å². The van der Waals surface area contributed by atoms with Gasteiger partial charge in [0.2, 0.25) is 6.79 Å². The molecule has 3 aromatic rings. The molecule has 0 aromatic heterocycles. The lowest BCUT2D eigenvalue weighted by Gasteiger charge is -2.14. The molecular formula is C22H19ClN2O5S. The summed E-state index contributed by atoms with van der Waals surface area (Å²) in [6, 6.07) is 14.4. The second kappa shape index (κ2) is 8.13. The van der Waals surface area contributed by atoms with Crippen molar-refractivity contribution in [1.29, 1.82) is 0 Å². The number of rotatable bonds is 5. The van der Waals surface area contributed by atoms with Crippen LogP contribution in [0.2, 0.25) is 5.02 Å². The number of hydrogen-bond donors (Lipinski definition) is 2. The summed E-state index contributed by atoms with van der Waals surface area (Å²) in [5.74, 6) is 0.629. The zero-order chi connectivity index (χ0) is 22.2. The minimum Gasteiger partial charge on any atom is -0.454 e. The number of carbonyl (C=O) groups is 1. The number of halogens is 1. The molecule has 0 fully saturated rings. The highest BCUT2D eigenvalue weighted by molar-refractivity contribution is 7.92. The molecule has 31 heavy (non-hydrogen) atoms. The predicted octanol–water partition coefficient (Wildman–Crippen LogP) is 4.74. The molecule has 1 heterocycles. The number of aryl methyl sites for hydroxylation is 1. The number of carbonyl (C=O) groups excluding carboxylic acids is 1. The number of nitrogens with one attached hydrogen (secondary N) is 2. The maximum atomic E-state index is 13.0. The summed E-state index contributed by atoms with van der Waals surface area (Å²) >= 11 is 6.17. The second-order valence-corrected chi connectivity index (χ2v) is 9.08. The molecule has 0 bridgehead atoms. The van der Waals surface area contributed by atoms with Gasteiger partial charge in [0.25, 0.3) is 15.9 Å². The number of hydrogen-bond acceptors (Lipinski definition) is 5. The molecule has 4 rings (SSSR count). The number of fused-ring (bicyclic) bond motifs is 1. The Morgan fingerprint density at radius 1 is 1.00 bits per heavy atom. The summed E-state index contributed by atoms with van der Waals surface area (Å²) in [4.78, 5) is 12.5. The summed E-state index contributed by atoms with van der Waals surface area (Å²) in [6.07, 6.45) is 0. The van der Waals surface area contributed by atoms with E-state index < -0.39 is 15.9 Å². The third-order valence-corrected chi connectivity index (χ3v) is 6.81. The van der Waals surface area contributed by atoms with Gasteiger partial charge >= 0.3 is 0 Å². The highest BCUT2D eigenvalue weighted by Crippen LogP contribution is 2.34. The van der Waals surface area contributed by atoms with E-state index in [0.29, 0.717) is 22.9 Å². The van der Waals surface area contributed by atoms with Gasteiger partial charge in [-0.15, -0.1) is 0 Å². The molecule has 9 heteroatoms. The minimum absolute atomic E-state index is 0.0115. The summed E-state index contributed by atoms with van der Waals surface area (Å²) in [5.41, 5.74) is 2.83. The molecule has 2 N–H and O–H groups in total. The van der Waals surface area contributed by atoms with Gasteiger partial charge in [-0.2, -0.15) is 0 Å². The van der Waals surface area contributed by atoms with E-state index in [1.54, 1.807) is 30.3 Å². The van der Waals surface area contributed by atoms with Crippen molar-refractivity contribution in [3.63, 3.8) is 0 Å². The molecule has 7 nitrogen and oxygen atoms in total. The van der Waals surface area contributed by atoms with E-state index in [1.807, 2.05) is 19.9 Å². The highest BCUT2D eigenvalue weighted by atomic mass is 35.5. The van der Waals surface area contributed by atoms with E-state index in [0.717, 1.165) is 11.1 Å². The molecule has 0 saturated carbocycles. The molecule has 3 aromatic carbocycles. The molecule has 0 unspecified atom stereocenters. The highest BCUT2D eigenvalue weighted by Gasteiger charge is 2.22. The van der Waals surface area contributed by atoms with E-state index in [-0.39, 0.29) is 22.3 Å².